The van der Waals surface area contributed by atoms with Crippen LogP contribution in [0.3, 0.4) is 0 Å². The fraction of sp³-hybridized carbons (Fsp3) is 0.900. The van der Waals surface area contributed by atoms with Gasteiger partial charge >= 0.3 is 11.9 Å². The molecule has 26 heavy (non-hydrogen) atoms. The summed E-state index contributed by atoms with van der Waals surface area (Å²) in [5.74, 6) is -1.29. The molecule has 2 N–H and O–H groups in total. The lowest BCUT2D eigenvalue weighted by molar-refractivity contribution is -0.142. The highest BCUT2D eigenvalue weighted by Crippen LogP contribution is 2.48. The van der Waals surface area contributed by atoms with Crippen LogP contribution in [0.1, 0.15) is 64.2 Å². The van der Waals surface area contributed by atoms with E-state index in [1.807, 2.05) is 23.9 Å². The second kappa shape index (κ2) is 7.47. The first-order valence-electron chi connectivity index (χ1n) is 10.1. The summed E-state index contributed by atoms with van der Waals surface area (Å²) in [6.45, 7) is 1.98. The third-order valence-corrected chi connectivity index (χ3v) is 7.39. The van der Waals surface area contributed by atoms with Crippen LogP contribution in [-0.2, 0) is 9.59 Å². The van der Waals surface area contributed by atoms with Crippen molar-refractivity contribution in [2.75, 3.05) is 27.2 Å². The Kier molecular flexibility index (Phi) is 5.63. The molecule has 0 aromatic carbocycles. The van der Waals surface area contributed by atoms with E-state index < -0.39 is 11.9 Å². The Morgan fingerprint density at radius 1 is 0.731 bits per heavy atom. The minimum atomic E-state index is -0.647. The summed E-state index contributed by atoms with van der Waals surface area (Å²) in [5, 5.41) is 18.0. The molecular formula is C20H34N2O4. The van der Waals surface area contributed by atoms with E-state index in [-0.39, 0.29) is 12.1 Å². The fourth-order valence-corrected chi connectivity index (χ4v) is 6.07. The molecule has 0 amide bonds. The van der Waals surface area contributed by atoms with Gasteiger partial charge in [0, 0.05) is 13.1 Å². The van der Waals surface area contributed by atoms with Gasteiger partial charge in [0.15, 0.2) is 0 Å². The summed E-state index contributed by atoms with van der Waals surface area (Å²) < 4.78 is 0. The van der Waals surface area contributed by atoms with E-state index in [2.05, 4.69) is 0 Å². The lowest BCUT2D eigenvalue weighted by Gasteiger charge is -2.21. The standard InChI is InChI=1S/2C10H17NO2/c2*1-11-7-10(4-2-3-5-10)6-8(11)9(12)13/h2*8H,2-7H2,1H3,(H,12,13)/t2*8-/m00/s1. The van der Waals surface area contributed by atoms with Crippen LogP contribution in [0.2, 0.25) is 0 Å². The molecule has 0 aromatic heterocycles. The highest BCUT2D eigenvalue weighted by atomic mass is 16.4. The van der Waals surface area contributed by atoms with Crippen molar-refractivity contribution in [2.45, 2.75) is 76.3 Å². The first-order chi connectivity index (χ1) is 12.3. The van der Waals surface area contributed by atoms with E-state index in [4.69, 9.17) is 10.2 Å². The van der Waals surface area contributed by atoms with Crippen LogP contribution in [0.25, 0.3) is 0 Å². The van der Waals surface area contributed by atoms with Gasteiger partial charge in [0.1, 0.15) is 12.1 Å². The molecule has 4 fully saturated rings. The van der Waals surface area contributed by atoms with Gasteiger partial charge < -0.3 is 10.2 Å². The zero-order valence-corrected chi connectivity index (χ0v) is 16.2. The van der Waals surface area contributed by atoms with E-state index >= 15 is 0 Å². The van der Waals surface area contributed by atoms with Gasteiger partial charge in [0.2, 0.25) is 0 Å². The van der Waals surface area contributed by atoms with Crippen molar-refractivity contribution in [2.24, 2.45) is 10.8 Å². The third-order valence-electron chi connectivity index (χ3n) is 7.39. The molecule has 2 spiro atoms. The Bertz CT molecular complexity index is 490. The molecule has 2 aliphatic heterocycles. The maximum Gasteiger partial charge on any atom is 0.320 e. The molecule has 0 bridgehead atoms. The number of nitrogens with zero attached hydrogens (tertiary/aromatic N) is 2. The average molecular weight is 367 g/mol. The number of hydrogen-bond donors (Lipinski definition) is 2. The second-order valence-electron chi connectivity index (χ2n) is 9.36. The second-order valence-corrected chi connectivity index (χ2v) is 9.36. The van der Waals surface area contributed by atoms with Crippen molar-refractivity contribution in [3.63, 3.8) is 0 Å². The van der Waals surface area contributed by atoms with Crippen molar-refractivity contribution < 1.29 is 19.8 Å². The van der Waals surface area contributed by atoms with Gasteiger partial charge in [0.25, 0.3) is 0 Å². The van der Waals surface area contributed by atoms with Gasteiger partial charge in [-0.2, -0.15) is 0 Å². The number of likely N-dealkylation sites (N-methyl/N-ethyl adjacent to an activating group) is 2. The highest BCUT2D eigenvalue weighted by Gasteiger charge is 2.47. The number of carboxylic acid groups (broad SMARTS) is 2. The number of likely N-dealkylation sites (tertiary alicyclic amines) is 2. The third kappa shape index (κ3) is 3.91. The van der Waals surface area contributed by atoms with Crippen molar-refractivity contribution in [1.29, 1.82) is 0 Å². The van der Waals surface area contributed by atoms with Gasteiger partial charge in [-0.15, -0.1) is 0 Å². The molecule has 2 atom stereocenters. The number of carboxylic acids is 2. The van der Waals surface area contributed by atoms with Gasteiger partial charge in [-0.25, -0.2) is 0 Å². The number of hydrogen-bond acceptors (Lipinski definition) is 4. The Hall–Kier alpha value is -1.14. The monoisotopic (exact) mass is 366 g/mol. The predicted octanol–water partition coefficient (Wildman–Crippen LogP) is 2.67. The molecule has 0 radical (unpaired) electrons. The molecule has 4 rings (SSSR count). The largest absolute Gasteiger partial charge is 0.480 e. The van der Waals surface area contributed by atoms with Crippen molar-refractivity contribution in [1.82, 2.24) is 9.80 Å². The quantitative estimate of drug-likeness (QED) is 0.782. The summed E-state index contributed by atoms with van der Waals surface area (Å²) in [6.07, 6.45) is 11.9. The molecular weight excluding hydrogens is 332 g/mol. The fourth-order valence-electron chi connectivity index (χ4n) is 6.07. The minimum absolute atomic E-state index is 0.224. The Labute approximate surface area is 156 Å². The summed E-state index contributed by atoms with van der Waals surface area (Å²) >= 11 is 0. The minimum Gasteiger partial charge on any atom is -0.480 e. The maximum atomic E-state index is 10.9. The Balaban J connectivity index is 0.000000151. The van der Waals surface area contributed by atoms with E-state index in [0.717, 1.165) is 25.9 Å². The smallest absolute Gasteiger partial charge is 0.320 e. The molecule has 6 nitrogen and oxygen atoms in total. The SMILES string of the molecule is CN1CC2(CCCC2)C[C@H]1C(=O)O.CN1CC2(CCCC2)C[C@H]1C(=O)O. The van der Waals surface area contributed by atoms with Crippen molar-refractivity contribution in [3.8, 4) is 0 Å². The Morgan fingerprint density at radius 2 is 1.04 bits per heavy atom. The van der Waals surface area contributed by atoms with Crippen molar-refractivity contribution >= 4 is 11.9 Å². The molecule has 0 aromatic rings. The van der Waals surface area contributed by atoms with Crippen LogP contribution in [0.4, 0.5) is 0 Å². The molecule has 2 saturated carbocycles. The predicted molar refractivity (Wildman–Crippen MR) is 99.1 cm³/mol. The lowest BCUT2D eigenvalue weighted by Crippen LogP contribution is -2.32. The van der Waals surface area contributed by atoms with Gasteiger partial charge in [-0.05, 0) is 63.5 Å². The maximum absolute atomic E-state index is 10.9. The van der Waals surface area contributed by atoms with Crippen LogP contribution >= 0.6 is 0 Å². The zero-order valence-electron chi connectivity index (χ0n) is 16.2. The first kappa shape index (κ1) is 19.6. The van der Waals surface area contributed by atoms with E-state index in [1.165, 1.54) is 51.4 Å². The number of rotatable bonds is 2. The van der Waals surface area contributed by atoms with Crippen molar-refractivity contribution in [3.05, 3.63) is 0 Å². The van der Waals surface area contributed by atoms with Gasteiger partial charge in [-0.1, -0.05) is 25.7 Å². The van der Waals surface area contributed by atoms with Crippen LogP contribution in [0, 0.1) is 10.8 Å². The normalized spacial score (nSPS) is 32.8. The van der Waals surface area contributed by atoms with Crippen LogP contribution < -0.4 is 0 Å². The van der Waals surface area contributed by atoms with E-state index in [9.17, 15) is 9.59 Å². The van der Waals surface area contributed by atoms with Crippen LogP contribution in [-0.4, -0.2) is 71.2 Å². The topological polar surface area (TPSA) is 81.1 Å². The number of carbonyl (C=O) groups is 2. The van der Waals surface area contributed by atoms with Gasteiger partial charge in [-0.3, -0.25) is 19.4 Å². The Morgan fingerprint density at radius 3 is 1.27 bits per heavy atom. The summed E-state index contributed by atoms with van der Waals surface area (Å²) in [4.78, 5) is 25.8. The molecule has 6 heteroatoms. The molecule has 148 valence electrons. The highest BCUT2D eigenvalue weighted by molar-refractivity contribution is 5.74. The molecule has 4 aliphatic rings. The van der Waals surface area contributed by atoms with Gasteiger partial charge in [0.05, 0.1) is 0 Å². The van der Waals surface area contributed by atoms with E-state index in [1.54, 1.807) is 0 Å². The van der Waals surface area contributed by atoms with Crippen LogP contribution in [0.5, 0.6) is 0 Å². The molecule has 2 saturated heterocycles. The van der Waals surface area contributed by atoms with Crippen LogP contribution in [0.15, 0.2) is 0 Å². The molecule has 0 unspecified atom stereocenters. The summed E-state index contributed by atoms with van der Waals surface area (Å²) in [7, 11) is 3.87. The lowest BCUT2D eigenvalue weighted by atomic mass is 9.84. The van der Waals surface area contributed by atoms with E-state index in [0.29, 0.717) is 10.8 Å². The number of aliphatic carboxylic acids is 2. The average Bonchev–Trinajstić information content (AvgIpc) is 3.32. The molecule has 2 heterocycles. The zero-order chi connectivity index (χ0) is 18.9. The molecule has 2 aliphatic carbocycles. The summed E-state index contributed by atoms with van der Waals surface area (Å²) in [5.41, 5.74) is 0.718. The first-order valence-corrected chi connectivity index (χ1v) is 10.1. The summed E-state index contributed by atoms with van der Waals surface area (Å²) in [6, 6.07) is -0.448.